The molecule has 1 aromatic carbocycles. The van der Waals surface area contributed by atoms with Gasteiger partial charge in [-0.1, -0.05) is 6.07 Å². The van der Waals surface area contributed by atoms with Crippen molar-refractivity contribution in [3.05, 3.63) is 23.8 Å². The van der Waals surface area contributed by atoms with Gasteiger partial charge in [-0.25, -0.2) is 0 Å². The number of anilines is 2. The predicted octanol–water partition coefficient (Wildman–Crippen LogP) is 2.28. The summed E-state index contributed by atoms with van der Waals surface area (Å²) in [4.78, 5) is 23.5. The monoisotopic (exact) mass is 289 g/mol. The van der Waals surface area contributed by atoms with Gasteiger partial charge >= 0.3 is 0 Å². The van der Waals surface area contributed by atoms with Crippen molar-refractivity contribution in [3.8, 4) is 0 Å². The largest absolute Gasteiger partial charge is 0.326 e. The van der Waals surface area contributed by atoms with E-state index in [1.54, 1.807) is 6.07 Å². The number of piperidine rings is 1. The molecule has 1 fully saturated rings. The molecule has 2 rings (SSSR count). The third kappa shape index (κ3) is 4.29. The van der Waals surface area contributed by atoms with Crippen LogP contribution >= 0.6 is 0 Å². The van der Waals surface area contributed by atoms with Crippen LogP contribution in [0.15, 0.2) is 18.2 Å². The van der Waals surface area contributed by atoms with Crippen LogP contribution in [0.3, 0.4) is 0 Å². The first-order valence-electron chi connectivity index (χ1n) is 7.38. The molecule has 1 aromatic rings. The molecule has 114 valence electrons. The summed E-state index contributed by atoms with van der Waals surface area (Å²) < 4.78 is 0. The molecule has 5 heteroatoms. The van der Waals surface area contributed by atoms with Crippen molar-refractivity contribution >= 4 is 23.2 Å². The summed E-state index contributed by atoms with van der Waals surface area (Å²) in [5, 5.41) is 9.07. The number of rotatable bonds is 3. The molecule has 0 aromatic heterocycles. The highest BCUT2D eigenvalue weighted by atomic mass is 16.2. The fourth-order valence-corrected chi connectivity index (χ4v) is 2.64. The number of hydrogen-bond acceptors (Lipinski definition) is 3. The van der Waals surface area contributed by atoms with Gasteiger partial charge in [-0.2, -0.15) is 0 Å². The minimum Gasteiger partial charge on any atom is -0.326 e. The second kappa shape index (κ2) is 6.72. The summed E-state index contributed by atoms with van der Waals surface area (Å²) in [5.41, 5.74) is 2.44. The molecule has 0 bridgehead atoms. The van der Waals surface area contributed by atoms with Gasteiger partial charge in [0, 0.05) is 30.3 Å². The highest BCUT2D eigenvalue weighted by Crippen LogP contribution is 2.23. The fraction of sp³-hybridized carbons (Fsp3) is 0.500. The molecule has 0 saturated carbocycles. The molecule has 2 amide bonds. The van der Waals surface area contributed by atoms with E-state index in [0.29, 0.717) is 11.7 Å². The zero-order chi connectivity index (χ0) is 15.4. The Balaban J connectivity index is 2.07. The van der Waals surface area contributed by atoms with E-state index in [1.165, 1.54) is 6.92 Å². The van der Waals surface area contributed by atoms with E-state index in [4.69, 9.17) is 0 Å². The van der Waals surface area contributed by atoms with E-state index >= 15 is 0 Å². The predicted molar refractivity (Wildman–Crippen MR) is 84.3 cm³/mol. The first-order valence-corrected chi connectivity index (χ1v) is 7.38. The number of amides is 2. The molecule has 0 radical (unpaired) electrons. The van der Waals surface area contributed by atoms with Gasteiger partial charge < -0.3 is 16.0 Å². The topological polar surface area (TPSA) is 70.2 Å². The number of benzene rings is 1. The van der Waals surface area contributed by atoms with Gasteiger partial charge in [-0.05, 0) is 50.9 Å². The van der Waals surface area contributed by atoms with Crippen LogP contribution in [0.4, 0.5) is 11.4 Å². The zero-order valence-electron chi connectivity index (χ0n) is 12.8. The second-order valence-corrected chi connectivity index (χ2v) is 5.78. The lowest BCUT2D eigenvalue weighted by molar-refractivity contribution is -0.121. The van der Waals surface area contributed by atoms with Crippen molar-refractivity contribution in [2.24, 2.45) is 5.92 Å². The summed E-state index contributed by atoms with van der Waals surface area (Å²) in [6.45, 7) is 6.39. The lowest BCUT2D eigenvalue weighted by atomic mass is 9.92. The Bertz CT molecular complexity index is 542. The van der Waals surface area contributed by atoms with Gasteiger partial charge in [0.25, 0.3) is 0 Å². The SMILES string of the molecule is CC(=O)Nc1ccc(C)c(NC(=O)[C@H]2CCN[C@@H](C)C2)c1. The normalized spacial score (nSPS) is 21.7. The van der Waals surface area contributed by atoms with Gasteiger partial charge in [-0.3, -0.25) is 9.59 Å². The Kier molecular flexibility index (Phi) is 4.96. The van der Waals surface area contributed by atoms with E-state index in [1.807, 2.05) is 19.1 Å². The maximum atomic E-state index is 12.4. The number of aryl methyl sites for hydroxylation is 1. The lowest BCUT2D eigenvalue weighted by Crippen LogP contribution is -2.40. The molecule has 0 unspecified atom stereocenters. The molecular weight excluding hydrogens is 266 g/mol. The smallest absolute Gasteiger partial charge is 0.227 e. The number of carbonyl (C=O) groups excluding carboxylic acids is 2. The molecule has 5 nitrogen and oxygen atoms in total. The lowest BCUT2D eigenvalue weighted by Gasteiger charge is -2.27. The van der Waals surface area contributed by atoms with E-state index in [2.05, 4.69) is 22.9 Å². The Labute approximate surface area is 125 Å². The molecule has 0 spiro atoms. The molecular formula is C16H23N3O2. The third-order valence-electron chi connectivity index (χ3n) is 3.81. The fourth-order valence-electron chi connectivity index (χ4n) is 2.64. The zero-order valence-corrected chi connectivity index (χ0v) is 12.8. The first kappa shape index (κ1) is 15.5. The van der Waals surface area contributed by atoms with Gasteiger partial charge in [0.2, 0.25) is 11.8 Å². The van der Waals surface area contributed by atoms with Crippen molar-refractivity contribution in [3.63, 3.8) is 0 Å². The summed E-state index contributed by atoms with van der Waals surface area (Å²) in [5.74, 6) is -0.0141. The highest BCUT2D eigenvalue weighted by molar-refractivity contribution is 5.95. The van der Waals surface area contributed by atoms with Crippen molar-refractivity contribution in [2.45, 2.75) is 39.7 Å². The van der Waals surface area contributed by atoms with Crippen LogP contribution in [0.25, 0.3) is 0 Å². The average Bonchev–Trinajstić information content (AvgIpc) is 2.42. The molecule has 1 aliphatic rings. The van der Waals surface area contributed by atoms with E-state index in [9.17, 15) is 9.59 Å². The van der Waals surface area contributed by atoms with Crippen molar-refractivity contribution in [1.29, 1.82) is 0 Å². The van der Waals surface area contributed by atoms with Gasteiger partial charge in [0.05, 0.1) is 0 Å². The summed E-state index contributed by atoms with van der Waals surface area (Å²) in [6.07, 6.45) is 1.72. The standard InChI is InChI=1S/C16H23N3O2/c1-10-4-5-14(18-12(3)20)9-15(10)19-16(21)13-6-7-17-11(2)8-13/h4-5,9,11,13,17H,6-8H2,1-3H3,(H,18,20)(H,19,21)/t11-,13-/m0/s1. The molecule has 1 aliphatic heterocycles. The molecule has 21 heavy (non-hydrogen) atoms. The van der Waals surface area contributed by atoms with Crippen molar-refractivity contribution < 1.29 is 9.59 Å². The van der Waals surface area contributed by atoms with Gasteiger partial charge in [-0.15, -0.1) is 0 Å². The third-order valence-corrected chi connectivity index (χ3v) is 3.81. The van der Waals surface area contributed by atoms with Gasteiger partial charge in [0.15, 0.2) is 0 Å². The van der Waals surface area contributed by atoms with Crippen LogP contribution in [0.2, 0.25) is 0 Å². The minimum absolute atomic E-state index is 0.0464. The first-order chi connectivity index (χ1) is 9.95. The highest BCUT2D eigenvalue weighted by Gasteiger charge is 2.24. The Morgan fingerprint density at radius 3 is 2.71 bits per heavy atom. The average molecular weight is 289 g/mol. The van der Waals surface area contributed by atoms with Crippen LogP contribution < -0.4 is 16.0 Å². The van der Waals surface area contributed by atoms with Crippen molar-refractivity contribution in [2.75, 3.05) is 17.2 Å². The summed E-state index contributed by atoms with van der Waals surface area (Å²) in [7, 11) is 0. The molecule has 1 heterocycles. The maximum absolute atomic E-state index is 12.4. The quantitative estimate of drug-likeness (QED) is 0.799. The summed E-state index contributed by atoms with van der Waals surface area (Å²) >= 11 is 0. The Morgan fingerprint density at radius 2 is 2.05 bits per heavy atom. The van der Waals surface area contributed by atoms with Crippen LogP contribution in [-0.2, 0) is 9.59 Å². The van der Waals surface area contributed by atoms with E-state index in [0.717, 1.165) is 30.6 Å². The Morgan fingerprint density at radius 1 is 1.29 bits per heavy atom. The molecule has 1 saturated heterocycles. The van der Waals surface area contributed by atoms with Crippen LogP contribution in [-0.4, -0.2) is 24.4 Å². The molecule has 3 N–H and O–H groups in total. The molecule has 2 atom stereocenters. The minimum atomic E-state index is -0.122. The molecule has 0 aliphatic carbocycles. The van der Waals surface area contributed by atoms with Gasteiger partial charge in [0.1, 0.15) is 0 Å². The van der Waals surface area contributed by atoms with Crippen LogP contribution in [0.1, 0.15) is 32.3 Å². The van der Waals surface area contributed by atoms with Crippen molar-refractivity contribution in [1.82, 2.24) is 5.32 Å². The second-order valence-electron chi connectivity index (χ2n) is 5.78. The Hall–Kier alpha value is -1.88. The number of hydrogen-bond donors (Lipinski definition) is 3. The number of nitrogens with one attached hydrogen (secondary N) is 3. The summed E-state index contributed by atoms with van der Waals surface area (Å²) in [6, 6.07) is 5.91. The van der Waals surface area contributed by atoms with Crippen LogP contribution in [0, 0.1) is 12.8 Å². The maximum Gasteiger partial charge on any atom is 0.227 e. The van der Waals surface area contributed by atoms with Crippen LogP contribution in [0.5, 0.6) is 0 Å². The number of carbonyl (C=O) groups is 2. The van der Waals surface area contributed by atoms with E-state index in [-0.39, 0.29) is 17.7 Å². The van der Waals surface area contributed by atoms with E-state index < -0.39 is 0 Å².